The molecule has 1 saturated carbocycles. The molecule has 0 spiro atoms. The highest BCUT2D eigenvalue weighted by atomic mass is 19.1. The summed E-state index contributed by atoms with van der Waals surface area (Å²) in [5, 5.41) is 37.0. The number of hydrogen-bond acceptors (Lipinski definition) is 7. The number of piperidine rings is 1. The van der Waals surface area contributed by atoms with Gasteiger partial charge in [0.05, 0.1) is 24.5 Å². The number of nitrogens with zero attached hydrogens (tertiary/aromatic N) is 1. The molecule has 0 atom stereocenters. The van der Waals surface area contributed by atoms with Crippen LogP contribution in [-0.4, -0.2) is 73.9 Å². The first-order valence-corrected chi connectivity index (χ1v) is 14.2. The number of amides is 1. The predicted molar refractivity (Wildman–Crippen MR) is 153 cm³/mol. The summed E-state index contributed by atoms with van der Waals surface area (Å²) < 4.78 is 19.7. The largest absolute Gasteiger partial charge is 0.490 e. The van der Waals surface area contributed by atoms with E-state index in [-0.39, 0.29) is 11.7 Å². The Kier molecular flexibility index (Phi) is 11.6. The standard InChI is InChI=1S/C25H31FN2O2.C6H8O7/c1-19(29)27-25(21-10-12-22(26)13-11-21)14-16-28(17-15-25)18-20-6-2-5-9-24(20)30-23-7-3-4-8-23;7-3(8)1-6(13,5(11)12)2-4(9)10/h2,5-6,9-13,23H,3-4,7-8,14-18H2,1H3,(H,27,29);13H,1-2H2,(H,7,8)(H,9,10)(H,11,12). The van der Waals surface area contributed by atoms with E-state index in [1.807, 2.05) is 6.07 Å². The van der Waals surface area contributed by atoms with Crippen LogP contribution in [0.25, 0.3) is 0 Å². The van der Waals surface area contributed by atoms with E-state index in [0.717, 1.165) is 56.6 Å². The molecule has 2 aromatic carbocycles. The minimum absolute atomic E-state index is 0.0527. The molecule has 43 heavy (non-hydrogen) atoms. The molecule has 2 aliphatic rings. The molecule has 0 bridgehead atoms. The maximum Gasteiger partial charge on any atom is 0.336 e. The second-order valence-corrected chi connectivity index (χ2v) is 11.2. The molecule has 1 saturated heterocycles. The molecular formula is C31H39FN2O9. The number of carbonyl (C=O) groups is 4. The van der Waals surface area contributed by atoms with Crippen molar-refractivity contribution in [2.24, 2.45) is 0 Å². The monoisotopic (exact) mass is 602 g/mol. The van der Waals surface area contributed by atoms with Crippen LogP contribution >= 0.6 is 0 Å². The van der Waals surface area contributed by atoms with Crippen molar-refractivity contribution < 1.29 is 48.7 Å². The number of carboxylic acid groups (broad SMARTS) is 3. The average Bonchev–Trinajstić information content (AvgIpc) is 3.44. The Labute approximate surface area is 249 Å². The van der Waals surface area contributed by atoms with E-state index < -0.39 is 41.9 Å². The lowest BCUT2D eigenvalue weighted by molar-refractivity contribution is -0.170. The van der Waals surface area contributed by atoms with Gasteiger partial charge in [0.2, 0.25) is 5.91 Å². The van der Waals surface area contributed by atoms with Crippen LogP contribution in [0, 0.1) is 5.82 Å². The van der Waals surface area contributed by atoms with E-state index in [1.54, 1.807) is 19.1 Å². The second kappa shape index (κ2) is 14.9. The number of nitrogens with one attached hydrogen (secondary N) is 1. The predicted octanol–water partition coefficient (Wildman–Crippen LogP) is 3.53. The molecule has 1 aliphatic heterocycles. The zero-order valence-corrected chi connectivity index (χ0v) is 24.1. The van der Waals surface area contributed by atoms with E-state index in [2.05, 4.69) is 28.4 Å². The van der Waals surface area contributed by atoms with Gasteiger partial charge >= 0.3 is 17.9 Å². The van der Waals surface area contributed by atoms with Crippen molar-refractivity contribution >= 4 is 23.8 Å². The molecule has 5 N–H and O–H groups in total. The number of halogens is 1. The highest BCUT2D eigenvalue weighted by Gasteiger charge is 2.41. The smallest absolute Gasteiger partial charge is 0.336 e. The summed E-state index contributed by atoms with van der Waals surface area (Å²) in [6, 6.07) is 14.9. The van der Waals surface area contributed by atoms with Crippen molar-refractivity contribution in [3.63, 3.8) is 0 Å². The van der Waals surface area contributed by atoms with Crippen LogP contribution < -0.4 is 10.1 Å². The molecule has 1 aliphatic carbocycles. The molecule has 2 aromatic rings. The highest BCUT2D eigenvalue weighted by Crippen LogP contribution is 2.35. The summed E-state index contributed by atoms with van der Waals surface area (Å²) in [7, 11) is 0. The van der Waals surface area contributed by atoms with E-state index >= 15 is 0 Å². The Balaban J connectivity index is 0.000000331. The van der Waals surface area contributed by atoms with E-state index in [1.165, 1.54) is 30.5 Å². The van der Waals surface area contributed by atoms with Gasteiger partial charge in [-0.1, -0.05) is 30.3 Å². The number of ether oxygens (including phenoxy) is 1. The molecule has 234 valence electrons. The van der Waals surface area contributed by atoms with Crippen molar-refractivity contribution in [3.05, 3.63) is 65.5 Å². The summed E-state index contributed by atoms with van der Waals surface area (Å²) in [5.74, 6) is -4.33. The van der Waals surface area contributed by atoms with Gasteiger partial charge in [-0.15, -0.1) is 0 Å². The molecule has 0 aromatic heterocycles. The van der Waals surface area contributed by atoms with Gasteiger partial charge < -0.3 is 30.5 Å². The molecule has 4 rings (SSSR count). The Bertz CT molecular complexity index is 1250. The lowest BCUT2D eigenvalue weighted by atomic mass is 9.80. The van der Waals surface area contributed by atoms with Crippen molar-refractivity contribution in [2.75, 3.05) is 13.1 Å². The maximum absolute atomic E-state index is 13.4. The number of benzene rings is 2. The van der Waals surface area contributed by atoms with Gasteiger partial charge in [-0.05, 0) is 62.3 Å². The maximum atomic E-state index is 13.4. The molecule has 1 amide bonds. The molecule has 0 radical (unpaired) electrons. The fourth-order valence-corrected chi connectivity index (χ4v) is 5.57. The van der Waals surface area contributed by atoms with Crippen molar-refractivity contribution in [1.29, 1.82) is 0 Å². The number of para-hydroxylation sites is 1. The van der Waals surface area contributed by atoms with Crippen molar-refractivity contribution in [1.82, 2.24) is 10.2 Å². The van der Waals surface area contributed by atoms with Gasteiger partial charge in [0.25, 0.3) is 0 Å². The molecule has 2 fully saturated rings. The summed E-state index contributed by atoms with van der Waals surface area (Å²) in [6.07, 6.45) is 4.46. The molecule has 12 heteroatoms. The molecular weight excluding hydrogens is 563 g/mol. The topological polar surface area (TPSA) is 174 Å². The van der Waals surface area contributed by atoms with Crippen LogP contribution in [0.15, 0.2) is 48.5 Å². The van der Waals surface area contributed by atoms with E-state index in [9.17, 15) is 23.6 Å². The minimum atomic E-state index is -2.74. The summed E-state index contributed by atoms with van der Waals surface area (Å²) >= 11 is 0. The van der Waals surface area contributed by atoms with Gasteiger partial charge in [0, 0.05) is 32.1 Å². The first-order chi connectivity index (χ1) is 20.3. The summed E-state index contributed by atoms with van der Waals surface area (Å²) in [5.41, 5.74) is -0.977. The Morgan fingerprint density at radius 1 is 0.953 bits per heavy atom. The quantitative estimate of drug-likeness (QED) is 0.256. The molecule has 0 unspecified atom stereocenters. The number of carbonyl (C=O) groups excluding carboxylic acids is 1. The number of carboxylic acids is 3. The van der Waals surface area contributed by atoms with E-state index in [0.29, 0.717) is 6.10 Å². The van der Waals surface area contributed by atoms with Gasteiger partial charge in [0.1, 0.15) is 11.6 Å². The molecule has 1 heterocycles. The van der Waals surface area contributed by atoms with Crippen LogP contribution in [0.5, 0.6) is 5.75 Å². The van der Waals surface area contributed by atoms with Crippen molar-refractivity contribution in [2.45, 2.75) is 82.1 Å². The average molecular weight is 603 g/mol. The Morgan fingerprint density at radius 3 is 2.02 bits per heavy atom. The number of aliphatic carboxylic acids is 3. The highest BCUT2D eigenvalue weighted by molar-refractivity contribution is 5.88. The fraction of sp³-hybridized carbons (Fsp3) is 0.484. The van der Waals surface area contributed by atoms with Crippen LogP contribution in [0.1, 0.15) is 69.4 Å². The van der Waals surface area contributed by atoms with Crippen LogP contribution in [0.4, 0.5) is 4.39 Å². The van der Waals surface area contributed by atoms with Gasteiger partial charge in [0.15, 0.2) is 5.60 Å². The SMILES string of the molecule is CC(=O)NC1(c2ccc(F)cc2)CCN(Cc2ccccc2OC2CCCC2)CC1.O=C(O)CC(O)(CC(=O)O)C(=O)O. The first kappa shape index (κ1) is 33.5. The lowest BCUT2D eigenvalue weighted by Crippen LogP contribution is -2.52. The van der Waals surface area contributed by atoms with E-state index in [4.69, 9.17) is 25.2 Å². The normalized spacial score (nSPS) is 16.9. The Morgan fingerprint density at radius 2 is 1.51 bits per heavy atom. The number of rotatable bonds is 11. The second-order valence-electron chi connectivity index (χ2n) is 11.2. The number of likely N-dealkylation sites (tertiary alicyclic amines) is 1. The third kappa shape index (κ3) is 9.75. The van der Waals surface area contributed by atoms with Gasteiger partial charge in [-0.3, -0.25) is 19.3 Å². The zero-order chi connectivity index (χ0) is 31.6. The zero-order valence-electron chi connectivity index (χ0n) is 24.1. The first-order valence-electron chi connectivity index (χ1n) is 14.2. The number of aliphatic hydroxyl groups is 1. The molecule has 11 nitrogen and oxygen atoms in total. The van der Waals surface area contributed by atoms with Crippen molar-refractivity contribution in [3.8, 4) is 5.75 Å². The lowest BCUT2D eigenvalue weighted by Gasteiger charge is -2.43. The third-order valence-corrected chi connectivity index (χ3v) is 7.77. The van der Waals surface area contributed by atoms with Crippen LogP contribution in [0.3, 0.4) is 0 Å². The van der Waals surface area contributed by atoms with Crippen LogP contribution in [0.2, 0.25) is 0 Å². The van der Waals surface area contributed by atoms with Gasteiger partial charge in [-0.2, -0.15) is 0 Å². The number of hydrogen-bond donors (Lipinski definition) is 5. The summed E-state index contributed by atoms with van der Waals surface area (Å²) in [4.78, 5) is 44.8. The summed E-state index contributed by atoms with van der Waals surface area (Å²) in [6.45, 7) is 4.10. The van der Waals surface area contributed by atoms with Crippen LogP contribution in [-0.2, 0) is 31.3 Å². The van der Waals surface area contributed by atoms with Gasteiger partial charge in [-0.25, -0.2) is 9.18 Å². The minimum Gasteiger partial charge on any atom is -0.490 e. The third-order valence-electron chi connectivity index (χ3n) is 7.77. The Hall–Kier alpha value is -4.03. The fourth-order valence-electron chi connectivity index (χ4n) is 5.57.